The maximum Gasteiger partial charge on any atom is 0.378 e. The molecule has 3 rings (SSSR count). The Morgan fingerprint density at radius 1 is 0.968 bits per heavy atom. The van der Waals surface area contributed by atoms with Crippen molar-refractivity contribution in [2.45, 2.75) is 89.3 Å². The van der Waals surface area contributed by atoms with Crippen LogP contribution in [0.4, 0.5) is 8.78 Å². The van der Waals surface area contributed by atoms with Crippen LogP contribution in [-0.4, -0.2) is 34.7 Å². The summed E-state index contributed by atoms with van der Waals surface area (Å²) in [6, 6.07) is 6.19. The molecule has 0 amide bonds. The van der Waals surface area contributed by atoms with E-state index in [0.717, 1.165) is 32.1 Å². The van der Waals surface area contributed by atoms with Crippen LogP contribution in [0.3, 0.4) is 0 Å². The van der Waals surface area contributed by atoms with Gasteiger partial charge in [0.25, 0.3) is 0 Å². The molecule has 1 unspecified atom stereocenters. The zero-order valence-electron chi connectivity index (χ0n) is 18.2. The maximum absolute atomic E-state index is 14.4. The van der Waals surface area contributed by atoms with E-state index in [1.807, 2.05) is 13.8 Å². The Balaban J connectivity index is 1.69. The molecule has 1 N–H and O–H groups in total. The molecule has 0 aliphatic heterocycles. The lowest BCUT2D eigenvalue weighted by atomic mass is 9.83. The van der Waals surface area contributed by atoms with E-state index in [2.05, 4.69) is 0 Å². The first-order valence-corrected chi connectivity index (χ1v) is 11.2. The number of carbonyl (C=O) groups excluding carboxylic acids is 1. The second kappa shape index (κ2) is 9.53. The number of hydrogen-bond acceptors (Lipinski definition) is 4. The average molecular weight is 439 g/mol. The third-order valence-corrected chi connectivity index (χ3v) is 6.76. The van der Waals surface area contributed by atoms with Crippen LogP contribution in [0.2, 0.25) is 0 Å². The Hall–Kier alpha value is -2.18. The zero-order chi connectivity index (χ0) is 22.6. The molecule has 2 aliphatic carbocycles. The van der Waals surface area contributed by atoms with Gasteiger partial charge in [-0.25, -0.2) is 9.59 Å². The monoisotopic (exact) mass is 438 g/mol. The molecule has 0 spiro atoms. The lowest BCUT2D eigenvalue weighted by molar-refractivity contribution is -0.189. The Morgan fingerprint density at radius 3 is 2.06 bits per heavy atom. The first kappa shape index (κ1) is 23.5. The van der Waals surface area contributed by atoms with Gasteiger partial charge in [0, 0.05) is 5.92 Å². The molecule has 0 heterocycles. The van der Waals surface area contributed by atoms with Crippen molar-refractivity contribution in [3.63, 3.8) is 0 Å². The summed E-state index contributed by atoms with van der Waals surface area (Å²) in [5, 5.41) is 9.00. The minimum Gasteiger partial charge on any atom is -0.488 e. The van der Waals surface area contributed by atoms with Crippen molar-refractivity contribution in [1.82, 2.24) is 0 Å². The molecule has 0 radical (unpaired) electrons. The number of aliphatic carboxylic acids is 1. The van der Waals surface area contributed by atoms with Gasteiger partial charge in [-0.15, -0.1) is 0 Å². The predicted octanol–water partition coefficient (Wildman–Crippen LogP) is 5.86. The Morgan fingerprint density at radius 2 is 1.52 bits per heavy atom. The highest BCUT2D eigenvalue weighted by atomic mass is 19.3. The molecule has 172 valence electrons. The SMILES string of the molecule is CC(C)(Oc1ccc(C(=O)OC(C2CCCCC2)C(F)(F)C(=O)O)cc1)C1CCCC1. The number of alkyl halides is 2. The molecule has 1 aromatic carbocycles. The number of ether oxygens (including phenoxy) is 2. The van der Waals surface area contributed by atoms with Crippen molar-refractivity contribution < 1.29 is 33.0 Å². The van der Waals surface area contributed by atoms with Crippen LogP contribution in [0.25, 0.3) is 0 Å². The third-order valence-electron chi connectivity index (χ3n) is 6.76. The minimum absolute atomic E-state index is 0.0908. The highest BCUT2D eigenvalue weighted by Gasteiger charge is 2.53. The summed E-state index contributed by atoms with van der Waals surface area (Å²) in [5.41, 5.74) is -0.248. The third kappa shape index (κ3) is 5.55. The molecular weight excluding hydrogens is 406 g/mol. The highest BCUT2D eigenvalue weighted by molar-refractivity contribution is 5.90. The number of halogens is 2. The van der Waals surface area contributed by atoms with Gasteiger partial charge in [0.1, 0.15) is 11.4 Å². The molecule has 2 aliphatic rings. The quantitative estimate of drug-likeness (QED) is 0.515. The molecule has 5 nitrogen and oxygen atoms in total. The van der Waals surface area contributed by atoms with Crippen molar-refractivity contribution >= 4 is 11.9 Å². The van der Waals surface area contributed by atoms with E-state index in [1.54, 1.807) is 12.1 Å². The summed E-state index contributed by atoms with van der Waals surface area (Å²) in [4.78, 5) is 23.7. The molecule has 1 aromatic rings. The molecule has 2 fully saturated rings. The summed E-state index contributed by atoms with van der Waals surface area (Å²) in [6.07, 6.45) is 5.86. The van der Waals surface area contributed by atoms with Gasteiger partial charge >= 0.3 is 17.9 Å². The van der Waals surface area contributed by atoms with Crippen LogP contribution in [0.15, 0.2) is 24.3 Å². The number of benzene rings is 1. The van der Waals surface area contributed by atoms with E-state index in [4.69, 9.17) is 14.6 Å². The number of carboxylic acid groups (broad SMARTS) is 1. The van der Waals surface area contributed by atoms with Gasteiger partial charge in [-0.3, -0.25) is 0 Å². The minimum atomic E-state index is -4.13. The van der Waals surface area contributed by atoms with Crippen molar-refractivity contribution in [3.05, 3.63) is 29.8 Å². The maximum atomic E-state index is 14.4. The van der Waals surface area contributed by atoms with Crippen molar-refractivity contribution in [3.8, 4) is 5.75 Å². The highest BCUT2D eigenvalue weighted by Crippen LogP contribution is 2.38. The molecule has 7 heteroatoms. The molecule has 1 atom stereocenters. The van der Waals surface area contributed by atoms with Crippen LogP contribution in [0.1, 0.15) is 82.0 Å². The van der Waals surface area contributed by atoms with Gasteiger partial charge in [0.2, 0.25) is 0 Å². The van der Waals surface area contributed by atoms with Crippen molar-refractivity contribution in [1.29, 1.82) is 0 Å². The van der Waals surface area contributed by atoms with Crippen LogP contribution >= 0.6 is 0 Å². The largest absolute Gasteiger partial charge is 0.488 e. The van der Waals surface area contributed by atoms with Crippen LogP contribution in [0, 0.1) is 11.8 Å². The number of hydrogen-bond donors (Lipinski definition) is 1. The lowest BCUT2D eigenvalue weighted by Crippen LogP contribution is -2.48. The zero-order valence-corrected chi connectivity index (χ0v) is 18.2. The Labute approximate surface area is 182 Å². The van der Waals surface area contributed by atoms with Crippen LogP contribution in [0.5, 0.6) is 5.75 Å². The number of carboxylic acids is 1. The Kier molecular flexibility index (Phi) is 7.22. The predicted molar refractivity (Wildman–Crippen MR) is 111 cm³/mol. The second-order valence-electron chi connectivity index (χ2n) is 9.36. The standard InChI is InChI=1S/C24H32F2O5/c1-23(2,18-10-6-7-11-18)31-19-14-12-17(13-15-19)21(27)30-20(24(25,26)22(28)29)16-8-4-3-5-9-16/h12-16,18,20H,3-11H2,1-2H3,(H,28,29). The van der Waals surface area contributed by atoms with E-state index < -0.39 is 29.9 Å². The van der Waals surface area contributed by atoms with E-state index >= 15 is 0 Å². The first-order chi connectivity index (χ1) is 14.6. The smallest absolute Gasteiger partial charge is 0.378 e. The van der Waals surface area contributed by atoms with E-state index in [9.17, 15) is 18.4 Å². The fraction of sp³-hybridized carbons (Fsp3) is 0.667. The van der Waals surface area contributed by atoms with Gasteiger partial charge in [-0.05, 0) is 69.7 Å². The number of esters is 1. The summed E-state index contributed by atoms with van der Waals surface area (Å²) < 4.78 is 40.0. The summed E-state index contributed by atoms with van der Waals surface area (Å²) in [6.45, 7) is 4.10. The molecule has 0 bridgehead atoms. The van der Waals surface area contributed by atoms with Gasteiger partial charge in [0.15, 0.2) is 6.10 Å². The van der Waals surface area contributed by atoms with Crippen molar-refractivity contribution in [2.75, 3.05) is 0 Å². The molecule has 2 saturated carbocycles. The first-order valence-electron chi connectivity index (χ1n) is 11.2. The van der Waals surface area contributed by atoms with E-state index in [1.165, 1.54) is 25.0 Å². The number of rotatable bonds is 8. The fourth-order valence-corrected chi connectivity index (χ4v) is 4.88. The van der Waals surface area contributed by atoms with Gasteiger partial charge < -0.3 is 14.6 Å². The topological polar surface area (TPSA) is 72.8 Å². The summed E-state index contributed by atoms with van der Waals surface area (Å²) in [5.74, 6) is -6.96. The lowest BCUT2D eigenvalue weighted by Gasteiger charge is -2.33. The summed E-state index contributed by atoms with van der Waals surface area (Å²) in [7, 11) is 0. The molecular formula is C24H32F2O5. The molecule has 31 heavy (non-hydrogen) atoms. The molecule has 0 saturated heterocycles. The second-order valence-corrected chi connectivity index (χ2v) is 9.36. The van der Waals surface area contributed by atoms with Gasteiger partial charge in [-0.1, -0.05) is 32.1 Å². The Bertz CT molecular complexity index is 763. The normalized spacial score (nSPS) is 19.7. The van der Waals surface area contributed by atoms with Gasteiger partial charge in [-0.2, -0.15) is 8.78 Å². The number of carbonyl (C=O) groups is 2. The summed E-state index contributed by atoms with van der Waals surface area (Å²) >= 11 is 0. The van der Waals surface area contributed by atoms with Gasteiger partial charge in [0.05, 0.1) is 5.56 Å². The van der Waals surface area contributed by atoms with Crippen LogP contribution in [-0.2, 0) is 9.53 Å². The average Bonchev–Trinajstić information content (AvgIpc) is 3.28. The van der Waals surface area contributed by atoms with E-state index in [0.29, 0.717) is 24.5 Å². The van der Waals surface area contributed by atoms with E-state index in [-0.39, 0.29) is 11.2 Å². The van der Waals surface area contributed by atoms with Crippen molar-refractivity contribution in [2.24, 2.45) is 11.8 Å². The fourth-order valence-electron chi connectivity index (χ4n) is 4.88. The van der Waals surface area contributed by atoms with Crippen LogP contribution < -0.4 is 4.74 Å². The molecule has 0 aromatic heterocycles.